The molecule has 1 saturated carbocycles. The van der Waals surface area contributed by atoms with E-state index < -0.39 is 9.84 Å². The Labute approximate surface area is 139 Å². The average Bonchev–Trinajstić information content (AvgIpc) is 2.81. The van der Waals surface area contributed by atoms with Gasteiger partial charge in [0.25, 0.3) is 0 Å². The van der Waals surface area contributed by atoms with E-state index in [9.17, 15) is 8.42 Å². The van der Waals surface area contributed by atoms with Gasteiger partial charge in [-0.15, -0.1) is 11.3 Å². The maximum absolute atomic E-state index is 11.8. The Bertz CT molecular complexity index is 541. The molecular formula is C14H22INO2S2. The highest BCUT2D eigenvalue weighted by atomic mass is 127. The van der Waals surface area contributed by atoms with Crippen LogP contribution < -0.4 is 5.32 Å². The summed E-state index contributed by atoms with van der Waals surface area (Å²) in [5.74, 6) is 0.425. The first-order valence-corrected chi connectivity index (χ1v) is 11.0. The minimum absolute atomic E-state index is 0.153. The van der Waals surface area contributed by atoms with Crippen molar-refractivity contribution >= 4 is 43.8 Å². The predicted molar refractivity (Wildman–Crippen MR) is 94.0 cm³/mol. The van der Waals surface area contributed by atoms with E-state index in [4.69, 9.17) is 0 Å². The van der Waals surface area contributed by atoms with Crippen LogP contribution in [-0.4, -0.2) is 26.5 Å². The summed E-state index contributed by atoms with van der Waals surface area (Å²) in [6.07, 6.45) is 5.15. The zero-order valence-electron chi connectivity index (χ0n) is 11.9. The third kappa shape index (κ3) is 4.18. The van der Waals surface area contributed by atoms with Gasteiger partial charge < -0.3 is 5.32 Å². The highest BCUT2D eigenvalue weighted by Gasteiger charge is 2.33. The van der Waals surface area contributed by atoms with Crippen LogP contribution in [0.2, 0.25) is 0 Å². The minimum atomic E-state index is -2.91. The highest BCUT2D eigenvalue weighted by molar-refractivity contribution is 14.1. The lowest BCUT2D eigenvalue weighted by Gasteiger charge is -2.34. The number of hydrogen-bond donors (Lipinski definition) is 1. The van der Waals surface area contributed by atoms with Gasteiger partial charge >= 0.3 is 0 Å². The van der Waals surface area contributed by atoms with E-state index in [1.165, 1.54) is 14.7 Å². The summed E-state index contributed by atoms with van der Waals surface area (Å²) >= 11 is 4.10. The first kappa shape index (κ1) is 16.7. The number of thiophene rings is 1. The summed E-state index contributed by atoms with van der Waals surface area (Å²) < 4.78 is 25.0. The van der Waals surface area contributed by atoms with Crippen molar-refractivity contribution in [3.05, 3.63) is 19.9 Å². The van der Waals surface area contributed by atoms with Gasteiger partial charge in [0, 0.05) is 12.3 Å². The summed E-state index contributed by atoms with van der Waals surface area (Å²) in [6.45, 7) is 3.03. The molecule has 1 aromatic rings. The summed E-state index contributed by atoms with van der Waals surface area (Å²) in [6, 6.07) is 2.52. The number of halogens is 1. The molecule has 3 unspecified atom stereocenters. The van der Waals surface area contributed by atoms with Gasteiger partial charge in [0.1, 0.15) is 9.84 Å². The molecule has 0 saturated heterocycles. The molecule has 0 radical (unpaired) electrons. The van der Waals surface area contributed by atoms with Crippen LogP contribution in [0.1, 0.15) is 44.2 Å². The van der Waals surface area contributed by atoms with Crippen LogP contribution in [0.3, 0.4) is 0 Å². The van der Waals surface area contributed by atoms with Gasteiger partial charge in [-0.1, -0.05) is 13.3 Å². The van der Waals surface area contributed by atoms with E-state index >= 15 is 0 Å². The molecule has 1 heterocycles. The molecule has 0 aromatic carbocycles. The normalized spacial score (nSPS) is 25.6. The van der Waals surface area contributed by atoms with Crippen LogP contribution in [0.4, 0.5) is 0 Å². The van der Waals surface area contributed by atoms with E-state index in [0.29, 0.717) is 12.0 Å². The second-order valence-corrected chi connectivity index (χ2v) is 10.7. The maximum Gasteiger partial charge on any atom is 0.150 e. The Morgan fingerprint density at radius 1 is 1.50 bits per heavy atom. The molecule has 1 aliphatic rings. The van der Waals surface area contributed by atoms with Crippen LogP contribution in [0.25, 0.3) is 0 Å². The molecule has 20 heavy (non-hydrogen) atoms. The Hall–Kier alpha value is 0.340. The van der Waals surface area contributed by atoms with E-state index in [0.717, 1.165) is 32.2 Å². The van der Waals surface area contributed by atoms with Crippen molar-refractivity contribution in [1.82, 2.24) is 5.32 Å². The van der Waals surface area contributed by atoms with Crippen molar-refractivity contribution in [3.63, 3.8) is 0 Å². The fraction of sp³-hybridized carbons (Fsp3) is 0.714. The molecule has 0 bridgehead atoms. The predicted octanol–water partition coefficient (Wildman–Crippen LogP) is 3.61. The van der Waals surface area contributed by atoms with Crippen molar-refractivity contribution in [2.75, 3.05) is 12.8 Å². The van der Waals surface area contributed by atoms with Gasteiger partial charge in [0.2, 0.25) is 0 Å². The molecule has 1 aromatic heterocycles. The summed E-state index contributed by atoms with van der Waals surface area (Å²) in [4.78, 5) is 0. The van der Waals surface area contributed by atoms with Crippen LogP contribution in [-0.2, 0) is 9.84 Å². The largest absolute Gasteiger partial charge is 0.310 e. The van der Waals surface area contributed by atoms with Crippen LogP contribution >= 0.6 is 33.9 Å². The standard InChI is InChI=1S/C14H22INO2S2/c1-3-16-14(11-8-13(15)19-9-11)10-5-4-6-12(7-10)20(2,17)18/h8-10,12,14,16H,3-7H2,1-2H3. The summed E-state index contributed by atoms with van der Waals surface area (Å²) in [5, 5.41) is 5.62. The Balaban J connectivity index is 2.17. The summed E-state index contributed by atoms with van der Waals surface area (Å²) in [5.41, 5.74) is 1.32. The van der Waals surface area contributed by atoms with Gasteiger partial charge in [-0.2, -0.15) is 0 Å². The lowest BCUT2D eigenvalue weighted by Crippen LogP contribution is -2.35. The first-order valence-electron chi connectivity index (χ1n) is 7.08. The SMILES string of the molecule is CCNC(c1csc(I)c1)C1CCCC(S(C)(=O)=O)C1. The first-order chi connectivity index (χ1) is 9.41. The maximum atomic E-state index is 11.8. The third-order valence-electron chi connectivity index (χ3n) is 4.11. The summed E-state index contributed by atoms with van der Waals surface area (Å²) in [7, 11) is -2.91. The smallest absolute Gasteiger partial charge is 0.150 e. The second-order valence-electron chi connectivity index (χ2n) is 5.60. The van der Waals surface area contributed by atoms with Crippen LogP contribution in [0, 0.1) is 8.80 Å². The number of hydrogen-bond acceptors (Lipinski definition) is 4. The third-order valence-corrected chi connectivity index (χ3v) is 7.56. The molecule has 1 aliphatic carbocycles. The molecule has 0 aliphatic heterocycles. The zero-order chi connectivity index (χ0) is 14.8. The van der Waals surface area contributed by atoms with Crippen LogP contribution in [0.5, 0.6) is 0 Å². The molecule has 114 valence electrons. The van der Waals surface area contributed by atoms with Crippen molar-refractivity contribution < 1.29 is 8.42 Å². The molecule has 3 nitrogen and oxygen atoms in total. The Morgan fingerprint density at radius 2 is 2.25 bits per heavy atom. The molecule has 0 spiro atoms. The average molecular weight is 427 g/mol. The van der Waals surface area contributed by atoms with Gasteiger partial charge in [-0.25, -0.2) is 8.42 Å². The van der Waals surface area contributed by atoms with E-state index in [-0.39, 0.29) is 5.25 Å². The van der Waals surface area contributed by atoms with Crippen molar-refractivity contribution in [2.24, 2.45) is 5.92 Å². The molecule has 6 heteroatoms. The number of rotatable bonds is 5. The fourth-order valence-electron chi connectivity index (χ4n) is 3.14. The van der Waals surface area contributed by atoms with Gasteiger partial charge in [0.05, 0.1) is 8.13 Å². The Morgan fingerprint density at radius 3 is 2.80 bits per heavy atom. The molecule has 1 N–H and O–H groups in total. The van der Waals surface area contributed by atoms with Gasteiger partial charge in [-0.3, -0.25) is 0 Å². The molecule has 2 rings (SSSR count). The monoisotopic (exact) mass is 427 g/mol. The minimum Gasteiger partial charge on any atom is -0.310 e. The van der Waals surface area contributed by atoms with Gasteiger partial charge in [-0.05, 0) is 71.3 Å². The van der Waals surface area contributed by atoms with Gasteiger partial charge in [0.15, 0.2) is 0 Å². The second kappa shape index (κ2) is 7.07. The highest BCUT2D eigenvalue weighted by Crippen LogP contribution is 2.38. The molecule has 1 fully saturated rings. The Kier molecular flexibility index (Phi) is 5.90. The van der Waals surface area contributed by atoms with E-state index in [1.807, 2.05) is 0 Å². The van der Waals surface area contributed by atoms with E-state index in [1.54, 1.807) is 11.3 Å². The van der Waals surface area contributed by atoms with E-state index in [2.05, 4.69) is 46.3 Å². The lowest BCUT2D eigenvalue weighted by molar-refractivity contribution is 0.276. The van der Waals surface area contributed by atoms with Crippen molar-refractivity contribution in [1.29, 1.82) is 0 Å². The zero-order valence-corrected chi connectivity index (χ0v) is 15.7. The lowest BCUT2D eigenvalue weighted by atomic mass is 9.81. The molecule has 0 amide bonds. The molecule has 3 atom stereocenters. The fourth-order valence-corrected chi connectivity index (χ4v) is 5.74. The van der Waals surface area contributed by atoms with Crippen molar-refractivity contribution in [2.45, 2.75) is 43.9 Å². The number of sulfone groups is 1. The van der Waals surface area contributed by atoms with Crippen LogP contribution in [0.15, 0.2) is 11.4 Å². The topological polar surface area (TPSA) is 46.2 Å². The van der Waals surface area contributed by atoms with Crippen molar-refractivity contribution in [3.8, 4) is 0 Å². The molecular weight excluding hydrogens is 405 g/mol. The number of nitrogens with one attached hydrogen (secondary N) is 1. The quantitative estimate of drug-likeness (QED) is 0.731.